The zero-order valence-corrected chi connectivity index (χ0v) is 11.8. The average Bonchev–Trinajstić information content (AvgIpc) is 2.98. The predicted octanol–water partition coefficient (Wildman–Crippen LogP) is 1.14. The van der Waals surface area contributed by atoms with Crippen LogP contribution in [-0.4, -0.2) is 35.6 Å². The van der Waals surface area contributed by atoms with E-state index in [1.54, 1.807) is 0 Å². The van der Waals surface area contributed by atoms with E-state index in [4.69, 9.17) is 0 Å². The van der Waals surface area contributed by atoms with Crippen LogP contribution >= 0.6 is 0 Å². The molecule has 1 aliphatic heterocycles. The molecule has 1 heterocycles. The number of carboxylic acids is 1. The molecule has 1 amide bonds. The molecule has 19 heavy (non-hydrogen) atoms. The summed E-state index contributed by atoms with van der Waals surface area (Å²) in [7, 11) is 0. The maximum absolute atomic E-state index is 12.7. The molecule has 0 spiro atoms. The summed E-state index contributed by atoms with van der Waals surface area (Å²) < 4.78 is 0. The normalized spacial score (nSPS) is 29.6. The molecule has 1 unspecified atom stereocenters. The van der Waals surface area contributed by atoms with E-state index < -0.39 is 16.9 Å². The van der Waals surface area contributed by atoms with Gasteiger partial charge in [0.15, 0.2) is 0 Å². The van der Waals surface area contributed by atoms with Crippen molar-refractivity contribution < 1.29 is 14.7 Å². The van der Waals surface area contributed by atoms with E-state index in [1.165, 1.54) is 0 Å². The number of hydrogen-bond acceptors (Lipinski definition) is 3. The third-order valence-electron chi connectivity index (χ3n) is 4.97. The topological polar surface area (TPSA) is 78.4 Å². The highest BCUT2D eigenvalue weighted by molar-refractivity contribution is 5.90. The van der Waals surface area contributed by atoms with Crippen LogP contribution in [0, 0.1) is 11.3 Å². The lowest BCUT2D eigenvalue weighted by atomic mass is 9.75. The Balaban J connectivity index is 2.17. The van der Waals surface area contributed by atoms with E-state index in [2.05, 4.69) is 10.6 Å². The molecule has 108 valence electrons. The van der Waals surface area contributed by atoms with Crippen LogP contribution in [0.3, 0.4) is 0 Å². The van der Waals surface area contributed by atoms with Gasteiger partial charge in [0.25, 0.3) is 0 Å². The molecule has 2 fully saturated rings. The van der Waals surface area contributed by atoms with Crippen LogP contribution in [0.25, 0.3) is 0 Å². The Kier molecular flexibility index (Phi) is 3.85. The molecule has 5 heteroatoms. The minimum atomic E-state index is -1.03. The van der Waals surface area contributed by atoms with Gasteiger partial charge in [0, 0.05) is 6.54 Å². The zero-order valence-electron chi connectivity index (χ0n) is 11.8. The van der Waals surface area contributed by atoms with Gasteiger partial charge >= 0.3 is 5.97 Å². The summed E-state index contributed by atoms with van der Waals surface area (Å²) in [6.07, 6.45) is 3.64. The molecule has 3 N–H and O–H groups in total. The maximum atomic E-state index is 12.7. The summed E-state index contributed by atoms with van der Waals surface area (Å²) in [6, 6.07) is 0. The minimum absolute atomic E-state index is 0.0863. The fraction of sp³-hybridized carbons (Fsp3) is 0.857. The molecule has 2 rings (SSSR count). The van der Waals surface area contributed by atoms with Crippen molar-refractivity contribution in [3.63, 3.8) is 0 Å². The first kappa shape index (κ1) is 14.3. The van der Waals surface area contributed by atoms with E-state index in [1.807, 2.05) is 13.8 Å². The molecule has 0 aromatic carbocycles. The fourth-order valence-corrected chi connectivity index (χ4v) is 3.37. The van der Waals surface area contributed by atoms with Crippen molar-refractivity contribution in [3.8, 4) is 0 Å². The van der Waals surface area contributed by atoms with Gasteiger partial charge in [-0.3, -0.25) is 4.79 Å². The van der Waals surface area contributed by atoms with Crippen molar-refractivity contribution in [3.05, 3.63) is 0 Å². The molecule has 5 nitrogen and oxygen atoms in total. The number of carbonyl (C=O) groups excluding carboxylic acids is 1. The first-order valence-electron chi connectivity index (χ1n) is 7.20. The monoisotopic (exact) mass is 268 g/mol. The van der Waals surface area contributed by atoms with Gasteiger partial charge in [-0.25, -0.2) is 4.79 Å². The minimum Gasteiger partial charge on any atom is -0.480 e. The lowest BCUT2D eigenvalue weighted by molar-refractivity contribution is -0.150. The van der Waals surface area contributed by atoms with Crippen molar-refractivity contribution in [2.45, 2.75) is 51.5 Å². The molecule has 1 aliphatic carbocycles. The SMILES string of the molecule is CC(C)C1(C(=O)NC2(C(=O)O)CCCC2)CCNC1. The molecule has 0 aromatic rings. The Morgan fingerprint density at radius 3 is 2.26 bits per heavy atom. The molecular weight excluding hydrogens is 244 g/mol. The summed E-state index contributed by atoms with van der Waals surface area (Å²) in [5, 5.41) is 15.6. The second-order valence-electron chi connectivity index (χ2n) is 6.29. The van der Waals surface area contributed by atoms with Crippen LogP contribution in [0.5, 0.6) is 0 Å². The Morgan fingerprint density at radius 1 is 1.21 bits per heavy atom. The van der Waals surface area contributed by atoms with Gasteiger partial charge < -0.3 is 15.7 Å². The van der Waals surface area contributed by atoms with Crippen molar-refractivity contribution in [2.24, 2.45) is 11.3 Å². The van der Waals surface area contributed by atoms with E-state index in [9.17, 15) is 14.7 Å². The van der Waals surface area contributed by atoms with Crippen molar-refractivity contribution in [1.29, 1.82) is 0 Å². The fourth-order valence-electron chi connectivity index (χ4n) is 3.37. The zero-order chi connectivity index (χ0) is 14.1. The molecule has 0 aromatic heterocycles. The van der Waals surface area contributed by atoms with E-state index in [-0.39, 0.29) is 11.8 Å². The van der Waals surface area contributed by atoms with E-state index >= 15 is 0 Å². The van der Waals surface area contributed by atoms with Crippen molar-refractivity contribution in [2.75, 3.05) is 13.1 Å². The molecule has 0 radical (unpaired) electrons. The van der Waals surface area contributed by atoms with E-state index in [0.29, 0.717) is 19.4 Å². The van der Waals surface area contributed by atoms with Gasteiger partial charge in [0.2, 0.25) is 5.91 Å². The predicted molar refractivity (Wildman–Crippen MR) is 71.7 cm³/mol. The Bertz CT molecular complexity index is 367. The first-order chi connectivity index (χ1) is 8.93. The molecule has 1 atom stereocenters. The Labute approximate surface area is 114 Å². The highest BCUT2D eigenvalue weighted by Crippen LogP contribution is 2.37. The van der Waals surface area contributed by atoms with Crippen LogP contribution in [0.15, 0.2) is 0 Å². The van der Waals surface area contributed by atoms with Crippen LogP contribution in [0.4, 0.5) is 0 Å². The van der Waals surface area contributed by atoms with Crippen molar-refractivity contribution >= 4 is 11.9 Å². The van der Waals surface area contributed by atoms with Crippen LogP contribution in [0.2, 0.25) is 0 Å². The summed E-state index contributed by atoms with van der Waals surface area (Å²) in [5.74, 6) is -0.769. The van der Waals surface area contributed by atoms with Gasteiger partial charge in [-0.2, -0.15) is 0 Å². The Hall–Kier alpha value is -1.10. The highest BCUT2D eigenvalue weighted by Gasteiger charge is 2.49. The number of nitrogens with one attached hydrogen (secondary N) is 2. The Morgan fingerprint density at radius 2 is 1.84 bits per heavy atom. The highest BCUT2D eigenvalue weighted by atomic mass is 16.4. The van der Waals surface area contributed by atoms with Crippen molar-refractivity contribution in [1.82, 2.24) is 10.6 Å². The van der Waals surface area contributed by atoms with Gasteiger partial charge in [-0.1, -0.05) is 26.7 Å². The van der Waals surface area contributed by atoms with Crippen LogP contribution < -0.4 is 10.6 Å². The molecule has 1 saturated carbocycles. The summed E-state index contributed by atoms with van der Waals surface area (Å²) in [4.78, 5) is 24.2. The standard InChI is InChI=1S/C14H24N2O3/c1-10(2)13(7-8-15-9-13)11(17)16-14(12(18)19)5-3-4-6-14/h10,15H,3-9H2,1-2H3,(H,16,17)(H,18,19). The number of aliphatic carboxylic acids is 1. The number of amides is 1. The molecule has 1 saturated heterocycles. The second-order valence-corrected chi connectivity index (χ2v) is 6.29. The second kappa shape index (κ2) is 5.12. The average molecular weight is 268 g/mol. The lowest BCUT2D eigenvalue weighted by Crippen LogP contribution is -2.58. The summed E-state index contributed by atoms with van der Waals surface area (Å²) in [5.41, 5.74) is -1.48. The number of carboxylic acid groups (broad SMARTS) is 1. The number of rotatable bonds is 4. The molecular formula is C14H24N2O3. The van der Waals surface area contributed by atoms with Gasteiger partial charge in [0.1, 0.15) is 5.54 Å². The smallest absolute Gasteiger partial charge is 0.329 e. The maximum Gasteiger partial charge on any atom is 0.329 e. The molecule has 0 bridgehead atoms. The lowest BCUT2D eigenvalue weighted by Gasteiger charge is -2.35. The summed E-state index contributed by atoms with van der Waals surface area (Å²) in [6.45, 7) is 5.54. The van der Waals surface area contributed by atoms with Gasteiger partial charge in [-0.15, -0.1) is 0 Å². The summed E-state index contributed by atoms with van der Waals surface area (Å²) >= 11 is 0. The largest absolute Gasteiger partial charge is 0.480 e. The first-order valence-corrected chi connectivity index (χ1v) is 7.20. The third kappa shape index (κ3) is 2.36. The number of hydrogen-bond donors (Lipinski definition) is 3. The van der Waals surface area contributed by atoms with Crippen LogP contribution in [-0.2, 0) is 9.59 Å². The third-order valence-corrected chi connectivity index (χ3v) is 4.97. The van der Waals surface area contributed by atoms with Crippen LogP contribution in [0.1, 0.15) is 46.0 Å². The number of carbonyl (C=O) groups is 2. The van der Waals surface area contributed by atoms with Gasteiger partial charge in [-0.05, 0) is 31.7 Å². The van der Waals surface area contributed by atoms with E-state index in [0.717, 1.165) is 25.8 Å². The quantitative estimate of drug-likeness (QED) is 0.714. The van der Waals surface area contributed by atoms with Gasteiger partial charge in [0.05, 0.1) is 5.41 Å². The molecule has 2 aliphatic rings.